The van der Waals surface area contributed by atoms with Crippen molar-refractivity contribution in [2.45, 2.75) is 65.0 Å². The normalized spacial score (nSPS) is 16.4. The fourth-order valence-electron chi connectivity index (χ4n) is 4.80. The van der Waals surface area contributed by atoms with E-state index < -0.39 is 0 Å². The summed E-state index contributed by atoms with van der Waals surface area (Å²) in [6, 6.07) is 13.6. The minimum absolute atomic E-state index is 0.508. The number of hydrogen-bond acceptors (Lipinski definition) is 2. The molecule has 0 spiro atoms. The van der Waals surface area contributed by atoms with E-state index in [1.807, 2.05) is 19.1 Å². The third-order valence-electron chi connectivity index (χ3n) is 6.54. The Morgan fingerprint density at radius 3 is 2.70 bits per heavy atom. The van der Waals surface area contributed by atoms with E-state index in [0.717, 1.165) is 34.5 Å². The smallest absolute Gasteiger partial charge is 0.173 e. The molecule has 1 N–H and O–H groups in total. The lowest BCUT2D eigenvalue weighted by Crippen LogP contribution is -2.41. The van der Waals surface area contributed by atoms with Crippen molar-refractivity contribution in [3.05, 3.63) is 58.1 Å². The summed E-state index contributed by atoms with van der Waals surface area (Å²) in [4.78, 5) is 4.89. The van der Waals surface area contributed by atoms with Crippen LogP contribution < -0.4 is 10.2 Å². The zero-order chi connectivity index (χ0) is 21.1. The summed E-state index contributed by atoms with van der Waals surface area (Å²) in [5, 5.41) is 5.02. The zero-order valence-corrected chi connectivity index (χ0v) is 19.7. The molecule has 2 aromatic carbocycles. The molecular weight excluding hydrogens is 410 g/mol. The number of nitrogens with one attached hydrogen (secondary N) is 1. The molecule has 2 aliphatic rings. The van der Waals surface area contributed by atoms with Crippen LogP contribution in [-0.4, -0.2) is 29.1 Å². The van der Waals surface area contributed by atoms with Gasteiger partial charge in [-0.2, -0.15) is 0 Å². The third kappa shape index (κ3) is 4.76. The molecule has 0 aromatic heterocycles. The number of halogens is 1. The highest BCUT2D eigenvalue weighted by Crippen LogP contribution is 2.30. The summed E-state index contributed by atoms with van der Waals surface area (Å²) < 4.78 is 0. The molecule has 1 heterocycles. The Labute approximate surface area is 191 Å². The molecule has 1 saturated carbocycles. The van der Waals surface area contributed by atoms with Gasteiger partial charge in [-0.1, -0.05) is 42.6 Å². The number of anilines is 2. The van der Waals surface area contributed by atoms with Gasteiger partial charge in [0, 0.05) is 42.1 Å². The molecule has 30 heavy (non-hydrogen) atoms. The number of hydrogen-bond donors (Lipinski definition) is 1. The molecule has 1 aliphatic heterocycles. The van der Waals surface area contributed by atoms with E-state index in [2.05, 4.69) is 46.3 Å². The summed E-state index contributed by atoms with van der Waals surface area (Å²) >= 11 is 12.2. The molecule has 5 heteroatoms. The topological polar surface area (TPSA) is 18.5 Å². The van der Waals surface area contributed by atoms with Crippen molar-refractivity contribution in [2.75, 3.05) is 23.3 Å². The molecule has 0 saturated heterocycles. The summed E-state index contributed by atoms with van der Waals surface area (Å²) in [7, 11) is 0. The predicted octanol–water partition coefficient (Wildman–Crippen LogP) is 6.56. The first kappa shape index (κ1) is 21.5. The Bertz CT molecular complexity index is 907. The van der Waals surface area contributed by atoms with Gasteiger partial charge in [-0.05, 0) is 86.6 Å². The van der Waals surface area contributed by atoms with Crippen molar-refractivity contribution in [1.29, 1.82) is 0 Å². The second-order valence-corrected chi connectivity index (χ2v) is 9.40. The molecule has 2 aromatic rings. The largest absolute Gasteiger partial charge is 0.372 e. The van der Waals surface area contributed by atoms with E-state index in [4.69, 9.17) is 23.8 Å². The molecule has 0 atom stereocenters. The van der Waals surface area contributed by atoms with Gasteiger partial charge in [-0.3, -0.25) is 0 Å². The van der Waals surface area contributed by atoms with Gasteiger partial charge >= 0.3 is 0 Å². The fraction of sp³-hybridized carbons (Fsp3) is 0.480. The van der Waals surface area contributed by atoms with Gasteiger partial charge in [0.2, 0.25) is 0 Å². The summed E-state index contributed by atoms with van der Waals surface area (Å²) in [5.74, 6) is 0. The van der Waals surface area contributed by atoms with E-state index in [9.17, 15) is 0 Å². The molecule has 3 nitrogen and oxygen atoms in total. The number of nitrogens with zero attached hydrogens (tertiary/aromatic N) is 2. The van der Waals surface area contributed by atoms with E-state index in [-0.39, 0.29) is 0 Å². The van der Waals surface area contributed by atoms with E-state index in [1.54, 1.807) is 0 Å². The predicted molar refractivity (Wildman–Crippen MR) is 133 cm³/mol. The number of benzene rings is 2. The maximum atomic E-state index is 6.32. The number of fused-ring (bicyclic) bond motifs is 1. The Hall–Kier alpha value is -1.78. The van der Waals surface area contributed by atoms with Gasteiger partial charge in [-0.25, -0.2) is 0 Å². The first-order chi connectivity index (χ1) is 14.5. The molecular formula is C25H32ClN3S. The minimum atomic E-state index is 0.508. The first-order valence-electron chi connectivity index (χ1n) is 11.3. The van der Waals surface area contributed by atoms with Crippen molar-refractivity contribution >= 4 is 40.3 Å². The second-order valence-electron chi connectivity index (χ2n) is 8.61. The van der Waals surface area contributed by atoms with Gasteiger partial charge in [0.15, 0.2) is 5.11 Å². The van der Waals surface area contributed by atoms with Crippen molar-refractivity contribution < 1.29 is 0 Å². The molecule has 1 fully saturated rings. The van der Waals surface area contributed by atoms with Crippen LogP contribution >= 0.6 is 23.8 Å². The standard InChI is InChI=1S/C25H32ClN3S/c1-3-28-14-6-7-20-15-19(11-13-24(20)28)17-29(22-8-4-5-9-22)25(30)27-21-12-10-18(2)23(26)16-21/h10-13,15-16,22H,3-9,14,17H2,1-2H3,(H,27,30). The van der Waals surface area contributed by atoms with Gasteiger partial charge < -0.3 is 15.1 Å². The van der Waals surface area contributed by atoms with Crippen LogP contribution in [0.3, 0.4) is 0 Å². The quantitative estimate of drug-likeness (QED) is 0.529. The van der Waals surface area contributed by atoms with Gasteiger partial charge in [0.1, 0.15) is 0 Å². The van der Waals surface area contributed by atoms with Crippen molar-refractivity contribution in [3.63, 3.8) is 0 Å². The van der Waals surface area contributed by atoms with Crippen LogP contribution in [0.15, 0.2) is 36.4 Å². The van der Waals surface area contributed by atoms with Crippen LogP contribution in [0.4, 0.5) is 11.4 Å². The molecule has 0 radical (unpaired) electrons. The maximum Gasteiger partial charge on any atom is 0.173 e. The van der Waals surface area contributed by atoms with Gasteiger partial charge in [0.25, 0.3) is 0 Å². The van der Waals surface area contributed by atoms with Crippen LogP contribution in [0.2, 0.25) is 5.02 Å². The van der Waals surface area contributed by atoms with E-state index in [1.165, 1.54) is 61.9 Å². The van der Waals surface area contributed by atoms with Gasteiger partial charge in [0.05, 0.1) is 0 Å². The highest BCUT2D eigenvalue weighted by atomic mass is 35.5. The van der Waals surface area contributed by atoms with Crippen molar-refractivity contribution in [2.24, 2.45) is 0 Å². The second kappa shape index (κ2) is 9.57. The third-order valence-corrected chi connectivity index (χ3v) is 7.29. The van der Waals surface area contributed by atoms with Crippen molar-refractivity contribution in [1.82, 2.24) is 4.90 Å². The summed E-state index contributed by atoms with van der Waals surface area (Å²) in [6.45, 7) is 7.37. The minimum Gasteiger partial charge on any atom is -0.372 e. The lowest BCUT2D eigenvalue weighted by molar-refractivity contribution is 0.312. The molecule has 0 unspecified atom stereocenters. The van der Waals surface area contributed by atoms with Crippen LogP contribution in [-0.2, 0) is 13.0 Å². The number of aryl methyl sites for hydroxylation is 2. The molecule has 4 rings (SSSR count). The first-order valence-corrected chi connectivity index (χ1v) is 12.0. The van der Waals surface area contributed by atoms with E-state index >= 15 is 0 Å². The number of thiocarbonyl (C=S) groups is 1. The highest BCUT2D eigenvalue weighted by Gasteiger charge is 2.25. The molecule has 0 amide bonds. The highest BCUT2D eigenvalue weighted by molar-refractivity contribution is 7.80. The van der Waals surface area contributed by atoms with Gasteiger partial charge in [-0.15, -0.1) is 0 Å². The Morgan fingerprint density at radius 1 is 1.17 bits per heavy atom. The lowest BCUT2D eigenvalue weighted by atomic mass is 9.99. The Morgan fingerprint density at radius 2 is 1.97 bits per heavy atom. The fourth-order valence-corrected chi connectivity index (χ4v) is 5.31. The monoisotopic (exact) mass is 441 g/mol. The Kier molecular flexibility index (Phi) is 6.84. The average molecular weight is 442 g/mol. The zero-order valence-electron chi connectivity index (χ0n) is 18.1. The average Bonchev–Trinajstić information content (AvgIpc) is 3.28. The number of rotatable bonds is 5. The van der Waals surface area contributed by atoms with Crippen LogP contribution in [0.25, 0.3) is 0 Å². The lowest BCUT2D eigenvalue weighted by Gasteiger charge is -2.33. The van der Waals surface area contributed by atoms with Crippen LogP contribution in [0.1, 0.15) is 55.7 Å². The SMILES string of the molecule is CCN1CCCc2cc(CN(C(=S)Nc3ccc(C)c(Cl)c3)C3CCCC3)ccc21. The summed E-state index contributed by atoms with van der Waals surface area (Å²) in [6.07, 6.45) is 7.42. The van der Waals surface area contributed by atoms with Crippen LogP contribution in [0.5, 0.6) is 0 Å². The molecule has 160 valence electrons. The molecule has 1 aliphatic carbocycles. The maximum absolute atomic E-state index is 6.32. The molecule has 0 bridgehead atoms. The summed E-state index contributed by atoms with van der Waals surface area (Å²) in [5.41, 5.74) is 6.29. The Balaban J connectivity index is 1.54. The van der Waals surface area contributed by atoms with Crippen molar-refractivity contribution in [3.8, 4) is 0 Å². The van der Waals surface area contributed by atoms with E-state index in [0.29, 0.717) is 6.04 Å². The van der Waals surface area contributed by atoms with Crippen LogP contribution in [0, 0.1) is 6.92 Å².